The van der Waals surface area contributed by atoms with Gasteiger partial charge in [-0.1, -0.05) is 23.8 Å². The number of sulfonamides is 1. The molecule has 132 valence electrons. The van der Waals surface area contributed by atoms with Crippen LogP contribution in [0.5, 0.6) is 0 Å². The summed E-state index contributed by atoms with van der Waals surface area (Å²) in [7, 11) is -3.68. The van der Waals surface area contributed by atoms with Gasteiger partial charge in [-0.25, -0.2) is 8.42 Å². The minimum atomic E-state index is -3.68. The highest BCUT2D eigenvalue weighted by Gasteiger charge is 2.39. The number of carbonyl (C=O) groups excluding carboxylic acids is 1. The Bertz CT molecular complexity index is 836. The molecule has 0 saturated carbocycles. The van der Waals surface area contributed by atoms with Crippen molar-refractivity contribution in [3.8, 4) is 0 Å². The molecule has 1 fully saturated rings. The van der Waals surface area contributed by atoms with Gasteiger partial charge in [-0.2, -0.15) is 4.31 Å². The second-order valence-corrected chi connectivity index (χ2v) is 8.02. The van der Waals surface area contributed by atoms with Crippen LogP contribution in [-0.4, -0.2) is 36.2 Å². The van der Waals surface area contributed by atoms with Crippen molar-refractivity contribution in [1.82, 2.24) is 14.6 Å². The summed E-state index contributed by atoms with van der Waals surface area (Å²) in [5, 5.41) is 2.80. The van der Waals surface area contributed by atoms with Crippen LogP contribution in [0.15, 0.2) is 53.6 Å². The first-order valence-corrected chi connectivity index (χ1v) is 9.68. The van der Waals surface area contributed by atoms with Gasteiger partial charge in [0.1, 0.15) is 6.04 Å². The van der Waals surface area contributed by atoms with Crippen molar-refractivity contribution in [3.63, 3.8) is 0 Å². The Morgan fingerprint density at radius 2 is 2.00 bits per heavy atom. The Hall–Kier alpha value is -2.25. The van der Waals surface area contributed by atoms with E-state index in [9.17, 15) is 13.2 Å². The second-order valence-electron chi connectivity index (χ2n) is 6.13. The molecule has 7 heteroatoms. The smallest absolute Gasteiger partial charge is 0.243 e. The number of benzene rings is 1. The molecule has 1 atom stereocenters. The molecule has 25 heavy (non-hydrogen) atoms. The largest absolute Gasteiger partial charge is 0.349 e. The highest BCUT2D eigenvalue weighted by Crippen LogP contribution is 2.26. The maximum absolute atomic E-state index is 12.9. The van der Waals surface area contributed by atoms with Crippen molar-refractivity contribution in [2.75, 3.05) is 6.54 Å². The molecule has 1 aromatic carbocycles. The maximum Gasteiger partial charge on any atom is 0.243 e. The lowest BCUT2D eigenvalue weighted by molar-refractivity contribution is -0.124. The number of amides is 1. The molecule has 0 bridgehead atoms. The number of pyridine rings is 1. The van der Waals surface area contributed by atoms with Crippen molar-refractivity contribution in [2.45, 2.75) is 37.2 Å². The Labute approximate surface area is 147 Å². The van der Waals surface area contributed by atoms with Crippen LogP contribution < -0.4 is 5.32 Å². The minimum absolute atomic E-state index is 0.225. The molecule has 0 radical (unpaired) electrons. The normalized spacial score (nSPS) is 18.2. The lowest BCUT2D eigenvalue weighted by atomic mass is 10.2. The first kappa shape index (κ1) is 17.6. The van der Waals surface area contributed by atoms with Crippen LogP contribution in [0.2, 0.25) is 0 Å². The molecule has 1 N–H and O–H groups in total. The predicted molar refractivity (Wildman–Crippen MR) is 94.2 cm³/mol. The first-order valence-electron chi connectivity index (χ1n) is 8.24. The molecule has 0 aliphatic carbocycles. The second kappa shape index (κ2) is 7.33. The Balaban J connectivity index is 1.73. The van der Waals surface area contributed by atoms with E-state index in [2.05, 4.69) is 10.3 Å². The van der Waals surface area contributed by atoms with E-state index in [0.717, 1.165) is 11.3 Å². The van der Waals surface area contributed by atoms with Gasteiger partial charge in [0, 0.05) is 12.7 Å². The van der Waals surface area contributed by atoms with Gasteiger partial charge in [-0.15, -0.1) is 0 Å². The summed E-state index contributed by atoms with van der Waals surface area (Å²) in [6.07, 6.45) is 2.86. The van der Waals surface area contributed by atoms with Crippen LogP contribution in [0.25, 0.3) is 0 Å². The van der Waals surface area contributed by atoms with Gasteiger partial charge >= 0.3 is 0 Å². The van der Waals surface area contributed by atoms with Gasteiger partial charge in [0.25, 0.3) is 0 Å². The molecule has 6 nitrogen and oxygen atoms in total. The molecule has 2 heterocycles. The summed E-state index contributed by atoms with van der Waals surface area (Å²) in [5.41, 5.74) is 1.73. The predicted octanol–water partition coefficient (Wildman–Crippen LogP) is 1.86. The molecule has 1 amide bonds. The van der Waals surface area contributed by atoms with E-state index in [-0.39, 0.29) is 17.3 Å². The van der Waals surface area contributed by atoms with E-state index in [1.807, 2.05) is 19.1 Å². The number of aromatic nitrogens is 1. The molecular formula is C18H21N3O3S. The van der Waals surface area contributed by atoms with E-state index < -0.39 is 16.1 Å². The number of carbonyl (C=O) groups is 1. The number of nitrogens with zero attached hydrogens (tertiary/aromatic N) is 2. The quantitative estimate of drug-likeness (QED) is 0.884. The van der Waals surface area contributed by atoms with Crippen molar-refractivity contribution in [2.24, 2.45) is 0 Å². The van der Waals surface area contributed by atoms with E-state index in [1.54, 1.807) is 36.5 Å². The van der Waals surface area contributed by atoms with E-state index in [4.69, 9.17) is 0 Å². The molecule has 1 aliphatic rings. The zero-order valence-corrected chi connectivity index (χ0v) is 14.9. The number of hydrogen-bond acceptors (Lipinski definition) is 4. The summed E-state index contributed by atoms with van der Waals surface area (Å²) < 4.78 is 27.0. The van der Waals surface area contributed by atoms with Gasteiger partial charge in [0.05, 0.1) is 17.1 Å². The van der Waals surface area contributed by atoms with Crippen LogP contribution in [0.3, 0.4) is 0 Å². The number of aryl methyl sites for hydroxylation is 1. The van der Waals surface area contributed by atoms with Crippen LogP contribution in [0.1, 0.15) is 24.1 Å². The maximum atomic E-state index is 12.9. The van der Waals surface area contributed by atoms with Gasteiger partial charge in [0.15, 0.2) is 0 Å². The van der Waals surface area contributed by atoms with E-state index >= 15 is 0 Å². The topological polar surface area (TPSA) is 79.4 Å². The molecule has 1 aromatic heterocycles. The van der Waals surface area contributed by atoms with E-state index in [0.29, 0.717) is 19.4 Å². The van der Waals surface area contributed by atoms with Crippen LogP contribution in [-0.2, 0) is 21.4 Å². The standard InChI is InChI=1S/C18H21N3O3S/c1-14-7-9-16(10-8-14)25(23,24)21-12-4-6-17(21)18(22)20-13-15-5-2-3-11-19-15/h2-3,5,7-11,17H,4,6,12-13H2,1H3,(H,20,22)/t17-/m0/s1. The third-order valence-corrected chi connectivity index (χ3v) is 6.23. The average molecular weight is 359 g/mol. The fraction of sp³-hybridized carbons (Fsp3) is 0.333. The molecule has 0 unspecified atom stereocenters. The number of nitrogens with one attached hydrogen (secondary N) is 1. The molecule has 1 saturated heterocycles. The minimum Gasteiger partial charge on any atom is -0.349 e. The third kappa shape index (κ3) is 3.88. The van der Waals surface area contributed by atoms with Gasteiger partial charge in [0.2, 0.25) is 15.9 Å². The van der Waals surface area contributed by atoms with Gasteiger partial charge in [-0.3, -0.25) is 9.78 Å². The Morgan fingerprint density at radius 3 is 2.68 bits per heavy atom. The highest BCUT2D eigenvalue weighted by atomic mass is 32.2. The first-order chi connectivity index (χ1) is 12.0. The molecule has 3 rings (SSSR count). The van der Waals surface area contributed by atoms with Crippen molar-refractivity contribution < 1.29 is 13.2 Å². The number of rotatable bonds is 5. The fourth-order valence-electron chi connectivity index (χ4n) is 2.93. The van der Waals surface area contributed by atoms with Crippen molar-refractivity contribution in [1.29, 1.82) is 0 Å². The Morgan fingerprint density at radius 1 is 1.24 bits per heavy atom. The number of hydrogen-bond donors (Lipinski definition) is 1. The fourth-order valence-corrected chi connectivity index (χ4v) is 4.59. The average Bonchev–Trinajstić information content (AvgIpc) is 3.12. The monoisotopic (exact) mass is 359 g/mol. The summed E-state index contributed by atoms with van der Waals surface area (Å²) in [5.74, 6) is -0.279. The van der Waals surface area contributed by atoms with Crippen LogP contribution in [0, 0.1) is 6.92 Å². The molecular weight excluding hydrogens is 338 g/mol. The van der Waals surface area contributed by atoms with Crippen molar-refractivity contribution in [3.05, 3.63) is 59.9 Å². The zero-order chi connectivity index (χ0) is 17.9. The summed E-state index contributed by atoms with van der Waals surface area (Å²) in [6, 6.07) is 11.5. The summed E-state index contributed by atoms with van der Waals surface area (Å²) in [6.45, 7) is 2.55. The highest BCUT2D eigenvalue weighted by molar-refractivity contribution is 7.89. The molecule has 2 aromatic rings. The van der Waals surface area contributed by atoms with E-state index in [1.165, 1.54) is 4.31 Å². The third-order valence-electron chi connectivity index (χ3n) is 4.30. The lowest BCUT2D eigenvalue weighted by Gasteiger charge is -2.23. The SMILES string of the molecule is Cc1ccc(S(=O)(=O)N2CCC[C@H]2C(=O)NCc2ccccn2)cc1. The lowest BCUT2D eigenvalue weighted by Crippen LogP contribution is -2.45. The van der Waals surface area contributed by atoms with Crippen LogP contribution in [0.4, 0.5) is 0 Å². The zero-order valence-electron chi connectivity index (χ0n) is 14.1. The van der Waals surface area contributed by atoms with Gasteiger partial charge < -0.3 is 5.32 Å². The summed E-state index contributed by atoms with van der Waals surface area (Å²) in [4.78, 5) is 16.9. The Kier molecular flexibility index (Phi) is 5.15. The molecule has 1 aliphatic heterocycles. The molecule has 0 spiro atoms. The summed E-state index contributed by atoms with van der Waals surface area (Å²) >= 11 is 0. The van der Waals surface area contributed by atoms with Gasteiger partial charge in [-0.05, 0) is 44.0 Å². The van der Waals surface area contributed by atoms with Crippen LogP contribution >= 0.6 is 0 Å². The van der Waals surface area contributed by atoms with Crippen molar-refractivity contribution >= 4 is 15.9 Å².